The zero-order valence-electron chi connectivity index (χ0n) is 19.6. The first kappa shape index (κ1) is 24.5. The first-order valence-electron chi connectivity index (χ1n) is 11.5. The maximum atomic E-state index is 13.6. The molecule has 3 aromatic carbocycles. The van der Waals surface area contributed by atoms with Gasteiger partial charge in [0.15, 0.2) is 0 Å². The maximum Gasteiger partial charge on any atom is 0.254 e. The molecule has 35 heavy (non-hydrogen) atoms. The number of nitrogens with zero attached hydrogens (tertiary/aromatic N) is 2. The number of hydrogen-bond acceptors (Lipinski definition) is 4. The summed E-state index contributed by atoms with van der Waals surface area (Å²) in [5, 5.41) is 3.36. The second-order valence-corrected chi connectivity index (χ2v) is 8.67. The molecule has 1 N–H and O–H groups in total. The van der Waals surface area contributed by atoms with Crippen LogP contribution in [0.1, 0.15) is 11.1 Å². The van der Waals surface area contributed by atoms with Crippen LogP contribution in [0.3, 0.4) is 0 Å². The summed E-state index contributed by atoms with van der Waals surface area (Å²) in [7, 11) is 1.62. The largest absolute Gasteiger partial charge is 0.496 e. The van der Waals surface area contributed by atoms with E-state index in [0.717, 1.165) is 11.1 Å². The van der Waals surface area contributed by atoms with Crippen LogP contribution in [0.25, 0.3) is 11.6 Å². The van der Waals surface area contributed by atoms with Crippen molar-refractivity contribution in [1.29, 1.82) is 0 Å². The number of hydrogen-bond donors (Lipinski definition) is 1. The van der Waals surface area contributed by atoms with Gasteiger partial charge in [-0.15, -0.1) is 0 Å². The number of ether oxygens (including phenoxy) is 1. The summed E-state index contributed by atoms with van der Waals surface area (Å²) in [6.07, 6.45) is 1.89. The SMILES string of the molecule is COc1ccccc1/C=C(/C(=O)N1CCN(CC(=O)Nc2ccccc2Cl)CC1)c1ccccc1. The van der Waals surface area contributed by atoms with E-state index in [1.807, 2.05) is 82.6 Å². The minimum Gasteiger partial charge on any atom is -0.496 e. The Balaban J connectivity index is 1.43. The number of nitrogens with one attached hydrogen (secondary N) is 1. The quantitative estimate of drug-likeness (QED) is 0.387. The Hall–Kier alpha value is -3.61. The first-order valence-corrected chi connectivity index (χ1v) is 11.9. The smallest absolute Gasteiger partial charge is 0.254 e. The number of anilines is 1. The Bertz CT molecular complexity index is 1200. The van der Waals surface area contributed by atoms with Gasteiger partial charge >= 0.3 is 0 Å². The molecule has 1 fully saturated rings. The molecule has 1 aliphatic rings. The van der Waals surface area contributed by atoms with Crippen LogP contribution in [0.15, 0.2) is 78.9 Å². The van der Waals surface area contributed by atoms with E-state index in [4.69, 9.17) is 16.3 Å². The zero-order chi connectivity index (χ0) is 24.6. The summed E-state index contributed by atoms with van der Waals surface area (Å²) < 4.78 is 5.49. The fourth-order valence-electron chi connectivity index (χ4n) is 4.06. The minimum absolute atomic E-state index is 0.0396. The molecule has 1 saturated heterocycles. The van der Waals surface area contributed by atoms with Crippen LogP contribution in [-0.4, -0.2) is 61.4 Å². The van der Waals surface area contributed by atoms with E-state index in [-0.39, 0.29) is 18.4 Å². The molecule has 0 atom stereocenters. The summed E-state index contributed by atoms with van der Waals surface area (Å²) in [4.78, 5) is 30.0. The van der Waals surface area contributed by atoms with Crippen LogP contribution in [0.5, 0.6) is 5.75 Å². The van der Waals surface area contributed by atoms with E-state index in [0.29, 0.717) is 48.2 Å². The Labute approximate surface area is 210 Å². The molecule has 1 aliphatic heterocycles. The maximum absolute atomic E-state index is 13.6. The summed E-state index contributed by atoms with van der Waals surface area (Å²) in [5.41, 5.74) is 2.91. The highest BCUT2D eigenvalue weighted by Gasteiger charge is 2.25. The normalized spacial score (nSPS) is 14.5. The molecule has 180 valence electrons. The van der Waals surface area contributed by atoms with Gasteiger partial charge in [-0.25, -0.2) is 0 Å². The lowest BCUT2D eigenvalue weighted by Gasteiger charge is -2.35. The third-order valence-electron chi connectivity index (χ3n) is 5.93. The van der Waals surface area contributed by atoms with Crippen LogP contribution < -0.4 is 10.1 Å². The highest BCUT2D eigenvalue weighted by molar-refractivity contribution is 6.33. The third-order valence-corrected chi connectivity index (χ3v) is 6.26. The standard InChI is InChI=1S/C28H28ClN3O3/c1-35-26-14-8-5-11-22(26)19-23(21-9-3-2-4-10-21)28(34)32-17-15-31(16-18-32)20-27(33)30-25-13-7-6-12-24(25)29/h2-14,19H,15-18,20H2,1H3,(H,30,33)/b23-19+. The molecule has 3 aromatic rings. The molecule has 4 rings (SSSR count). The molecule has 0 aliphatic carbocycles. The Morgan fingerprint density at radius 1 is 0.914 bits per heavy atom. The first-order chi connectivity index (χ1) is 17.0. The number of carbonyl (C=O) groups is 2. The van der Waals surface area contributed by atoms with Gasteiger partial charge in [0.05, 0.1) is 24.4 Å². The van der Waals surface area contributed by atoms with E-state index < -0.39 is 0 Å². The number of piperazine rings is 1. The van der Waals surface area contributed by atoms with Gasteiger partial charge in [-0.1, -0.05) is 72.3 Å². The Kier molecular flexibility index (Phi) is 8.19. The van der Waals surface area contributed by atoms with E-state index in [1.165, 1.54) is 0 Å². The Morgan fingerprint density at radius 2 is 1.57 bits per heavy atom. The van der Waals surface area contributed by atoms with Crippen molar-refractivity contribution in [2.75, 3.05) is 45.2 Å². The van der Waals surface area contributed by atoms with Crippen molar-refractivity contribution in [3.8, 4) is 5.75 Å². The lowest BCUT2D eigenvalue weighted by Crippen LogP contribution is -2.50. The van der Waals surface area contributed by atoms with Crippen molar-refractivity contribution in [2.24, 2.45) is 0 Å². The molecule has 0 saturated carbocycles. The van der Waals surface area contributed by atoms with Gasteiger partial charge in [-0.05, 0) is 29.8 Å². The summed E-state index contributed by atoms with van der Waals surface area (Å²) in [6, 6.07) is 24.5. The number of rotatable bonds is 7. The lowest BCUT2D eigenvalue weighted by atomic mass is 10.0. The van der Waals surface area contributed by atoms with Gasteiger partial charge in [0, 0.05) is 37.3 Å². The Morgan fingerprint density at radius 3 is 2.29 bits per heavy atom. The summed E-state index contributed by atoms with van der Waals surface area (Å²) in [6.45, 7) is 2.54. The molecule has 7 heteroatoms. The summed E-state index contributed by atoms with van der Waals surface area (Å²) in [5.74, 6) is 0.546. The molecule has 0 aromatic heterocycles. The van der Waals surface area contributed by atoms with Crippen LogP contribution >= 0.6 is 11.6 Å². The number of amides is 2. The lowest BCUT2D eigenvalue weighted by molar-refractivity contribution is -0.127. The average Bonchev–Trinajstić information content (AvgIpc) is 2.89. The van der Waals surface area contributed by atoms with Crippen molar-refractivity contribution in [3.63, 3.8) is 0 Å². The van der Waals surface area contributed by atoms with Crippen LogP contribution in [0.2, 0.25) is 5.02 Å². The molecule has 0 spiro atoms. The van der Waals surface area contributed by atoms with Gasteiger partial charge in [0.25, 0.3) is 5.91 Å². The molecule has 0 bridgehead atoms. The molecule has 2 amide bonds. The minimum atomic E-state index is -0.126. The van der Waals surface area contributed by atoms with Gasteiger partial charge in [0.2, 0.25) is 5.91 Å². The number of para-hydroxylation sites is 2. The number of benzene rings is 3. The molecule has 0 unspecified atom stereocenters. The molecule has 6 nitrogen and oxygen atoms in total. The van der Waals surface area contributed by atoms with Crippen molar-refractivity contribution < 1.29 is 14.3 Å². The highest BCUT2D eigenvalue weighted by Crippen LogP contribution is 2.26. The fourth-order valence-corrected chi connectivity index (χ4v) is 4.25. The summed E-state index contributed by atoms with van der Waals surface area (Å²) >= 11 is 6.14. The van der Waals surface area contributed by atoms with Crippen LogP contribution in [-0.2, 0) is 9.59 Å². The second kappa shape index (κ2) is 11.7. The molecule has 1 heterocycles. The van der Waals surface area contributed by atoms with Crippen LogP contribution in [0, 0.1) is 0 Å². The van der Waals surface area contributed by atoms with E-state index >= 15 is 0 Å². The van der Waals surface area contributed by atoms with E-state index in [1.54, 1.807) is 19.2 Å². The van der Waals surface area contributed by atoms with E-state index in [9.17, 15) is 9.59 Å². The van der Waals surface area contributed by atoms with Gasteiger partial charge in [-0.3, -0.25) is 14.5 Å². The third kappa shape index (κ3) is 6.29. The van der Waals surface area contributed by atoms with Crippen molar-refractivity contribution in [2.45, 2.75) is 0 Å². The average molecular weight is 490 g/mol. The molecular weight excluding hydrogens is 462 g/mol. The van der Waals surface area contributed by atoms with Crippen molar-refractivity contribution >= 4 is 40.8 Å². The second-order valence-electron chi connectivity index (χ2n) is 8.26. The van der Waals surface area contributed by atoms with Gasteiger partial charge < -0.3 is 15.0 Å². The highest BCUT2D eigenvalue weighted by atomic mass is 35.5. The predicted octanol–water partition coefficient (Wildman–Crippen LogP) is 4.67. The topological polar surface area (TPSA) is 61.9 Å². The molecule has 0 radical (unpaired) electrons. The number of methoxy groups -OCH3 is 1. The van der Waals surface area contributed by atoms with Gasteiger partial charge in [0.1, 0.15) is 5.75 Å². The molecular formula is C28H28ClN3O3. The fraction of sp³-hybridized carbons (Fsp3) is 0.214. The van der Waals surface area contributed by atoms with Crippen molar-refractivity contribution in [3.05, 3.63) is 95.0 Å². The zero-order valence-corrected chi connectivity index (χ0v) is 20.4. The van der Waals surface area contributed by atoms with E-state index in [2.05, 4.69) is 5.32 Å². The van der Waals surface area contributed by atoms with Crippen LogP contribution in [0.4, 0.5) is 5.69 Å². The van der Waals surface area contributed by atoms with Crippen molar-refractivity contribution in [1.82, 2.24) is 9.80 Å². The predicted molar refractivity (Wildman–Crippen MR) is 140 cm³/mol. The van der Waals surface area contributed by atoms with Gasteiger partial charge in [-0.2, -0.15) is 0 Å². The monoisotopic (exact) mass is 489 g/mol. The number of carbonyl (C=O) groups excluding carboxylic acids is 2. The number of halogens is 1.